The van der Waals surface area contributed by atoms with Crippen LogP contribution in [-0.2, 0) is 24.2 Å². The Balaban J connectivity index is 1.23. The van der Waals surface area contributed by atoms with Gasteiger partial charge in [0.05, 0.1) is 16.9 Å². The zero-order valence-corrected chi connectivity index (χ0v) is 31.6. The summed E-state index contributed by atoms with van der Waals surface area (Å²) >= 11 is 0. The normalized spacial score (nSPS) is 43.6. The van der Waals surface area contributed by atoms with Gasteiger partial charge in [0.15, 0.2) is 9.84 Å². The SMILES string of the molecule is CC(=O)O[C@H]1CC[C@]2(C)[C@H]3CC=C4[C@@H]5CC(C)(C)CC[C@]5(C(=O)NCCCN5CCS(=O)(=O)CC5)CC[C@@]4(C)[C@]3(C)CC[C@H]2C1(C)C. The number of carbonyl (C=O) groups excluding carboxylic acids is 2. The number of rotatable bonds is 6. The fourth-order valence-corrected chi connectivity index (χ4v) is 14.0. The third kappa shape index (κ3) is 5.75. The number of nitrogens with zero attached hydrogens (tertiary/aromatic N) is 1. The molecule has 47 heavy (non-hydrogen) atoms. The van der Waals surface area contributed by atoms with E-state index in [1.54, 1.807) is 12.5 Å². The number of carbonyl (C=O) groups is 2. The van der Waals surface area contributed by atoms with E-state index in [9.17, 15) is 18.0 Å². The summed E-state index contributed by atoms with van der Waals surface area (Å²) in [6, 6.07) is 0. The van der Waals surface area contributed by atoms with Crippen molar-refractivity contribution < 1.29 is 22.7 Å². The average molecular weight is 673 g/mol. The van der Waals surface area contributed by atoms with Crippen molar-refractivity contribution in [1.29, 1.82) is 0 Å². The number of esters is 1. The van der Waals surface area contributed by atoms with Crippen molar-refractivity contribution in [1.82, 2.24) is 10.2 Å². The number of fused-ring (bicyclic) bond motifs is 7. The first-order valence-corrected chi connectivity index (χ1v) is 20.7. The zero-order valence-electron chi connectivity index (χ0n) is 30.8. The molecule has 0 aromatic heterocycles. The van der Waals surface area contributed by atoms with Gasteiger partial charge in [-0.2, -0.15) is 0 Å². The van der Waals surface area contributed by atoms with Crippen molar-refractivity contribution in [3.05, 3.63) is 11.6 Å². The van der Waals surface area contributed by atoms with Gasteiger partial charge in [0.2, 0.25) is 5.91 Å². The first kappa shape index (κ1) is 35.4. The van der Waals surface area contributed by atoms with Gasteiger partial charge in [0.25, 0.3) is 0 Å². The van der Waals surface area contributed by atoms with Gasteiger partial charge in [-0.1, -0.05) is 60.1 Å². The molecule has 1 saturated heterocycles. The van der Waals surface area contributed by atoms with E-state index < -0.39 is 9.84 Å². The smallest absolute Gasteiger partial charge is 0.302 e. The van der Waals surface area contributed by atoms with Crippen molar-refractivity contribution in [3.63, 3.8) is 0 Å². The Bertz CT molecular complexity index is 1390. The molecule has 0 radical (unpaired) electrons. The van der Waals surface area contributed by atoms with Gasteiger partial charge in [-0.15, -0.1) is 0 Å². The zero-order chi connectivity index (χ0) is 34.3. The van der Waals surface area contributed by atoms with E-state index in [2.05, 4.69) is 64.8 Å². The van der Waals surface area contributed by atoms with E-state index in [4.69, 9.17) is 4.74 Å². The Hall–Kier alpha value is -1.41. The second-order valence-electron chi connectivity index (χ2n) is 18.9. The van der Waals surface area contributed by atoms with E-state index in [0.717, 1.165) is 64.3 Å². The Morgan fingerprint density at radius 3 is 2.28 bits per heavy atom. The molecule has 6 rings (SSSR count). The molecule has 5 aliphatic carbocycles. The summed E-state index contributed by atoms with van der Waals surface area (Å²) < 4.78 is 29.6. The van der Waals surface area contributed by atoms with Gasteiger partial charge in [-0.25, -0.2) is 8.42 Å². The lowest BCUT2D eigenvalue weighted by molar-refractivity contribution is -0.212. The molecule has 0 spiro atoms. The van der Waals surface area contributed by atoms with Crippen LogP contribution in [0.25, 0.3) is 0 Å². The minimum Gasteiger partial charge on any atom is -0.462 e. The minimum atomic E-state index is -2.88. The molecule has 1 N–H and O–H groups in total. The predicted octanol–water partition coefficient (Wildman–Crippen LogP) is 6.96. The largest absolute Gasteiger partial charge is 0.462 e. The predicted molar refractivity (Wildman–Crippen MR) is 187 cm³/mol. The van der Waals surface area contributed by atoms with Crippen molar-refractivity contribution in [2.24, 2.45) is 50.2 Å². The van der Waals surface area contributed by atoms with Crippen LogP contribution in [0.1, 0.15) is 126 Å². The molecule has 8 heteroatoms. The summed E-state index contributed by atoms with van der Waals surface area (Å²) in [6.45, 7) is 21.5. The lowest BCUT2D eigenvalue weighted by Crippen LogP contribution is -2.65. The maximum absolute atomic E-state index is 14.4. The highest BCUT2D eigenvalue weighted by Gasteiger charge is 2.69. The van der Waals surface area contributed by atoms with E-state index in [0.29, 0.717) is 31.5 Å². The number of ether oxygens (including phenoxy) is 1. The van der Waals surface area contributed by atoms with E-state index in [-0.39, 0.29) is 67.9 Å². The number of hydrogen-bond acceptors (Lipinski definition) is 6. The maximum Gasteiger partial charge on any atom is 0.302 e. The molecule has 6 aliphatic rings. The van der Waals surface area contributed by atoms with Crippen LogP contribution in [0.15, 0.2) is 11.6 Å². The van der Waals surface area contributed by atoms with Gasteiger partial charge in [0, 0.05) is 32.0 Å². The van der Waals surface area contributed by atoms with Gasteiger partial charge in [0.1, 0.15) is 6.10 Å². The summed E-state index contributed by atoms with van der Waals surface area (Å²) in [5.41, 5.74) is 1.83. The molecule has 0 unspecified atom stereocenters. The van der Waals surface area contributed by atoms with Gasteiger partial charge in [-0.05, 0) is 117 Å². The summed E-state index contributed by atoms with van der Waals surface area (Å²) in [5, 5.41) is 3.42. The Morgan fingerprint density at radius 2 is 1.60 bits per heavy atom. The molecular formula is C39H64N2O5S. The Kier molecular flexibility index (Phi) is 8.92. The molecule has 0 aromatic carbocycles. The average Bonchev–Trinajstić information content (AvgIpc) is 2.97. The maximum atomic E-state index is 14.4. The monoisotopic (exact) mass is 672 g/mol. The second kappa shape index (κ2) is 11.8. The number of nitrogens with one attached hydrogen (secondary N) is 1. The quantitative estimate of drug-likeness (QED) is 0.186. The molecule has 4 saturated carbocycles. The van der Waals surface area contributed by atoms with Crippen LogP contribution in [-0.4, -0.2) is 69.0 Å². The lowest BCUT2D eigenvalue weighted by atomic mass is 9.33. The van der Waals surface area contributed by atoms with Crippen molar-refractivity contribution in [2.75, 3.05) is 37.7 Å². The highest BCUT2D eigenvalue weighted by Crippen LogP contribution is 2.75. The third-order valence-corrected chi connectivity index (χ3v) is 17.3. The van der Waals surface area contributed by atoms with E-state index in [1.807, 2.05) is 0 Å². The van der Waals surface area contributed by atoms with Crippen LogP contribution in [0.4, 0.5) is 0 Å². The lowest BCUT2D eigenvalue weighted by Gasteiger charge is -2.71. The molecule has 1 amide bonds. The first-order valence-electron chi connectivity index (χ1n) is 18.9. The van der Waals surface area contributed by atoms with Crippen molar-refractivity contribution >= 4 is 21.7 Å². The van der Waals surface area contributed by atoms with Crippen LogP contribution < -0.4 is 5.32 Å². The topological polar surface area (TPSA) is 92.8 Å². The van der Waals surface area contributed by atoms with Gasteiger partial charge < -0.3 is 15.0 Å². The molecule has 266 valence electrons. The highest BCUT2D eigenvalue weighted by atomic mass is 32.2. The van der Waals surface area contributed by atoms with Crippen LogP contribution >= 0.6 is 0 Å². The van der Waals surface area contributed by atoms with Crippen LogP contribution in [0.5, 0.6) is 0 Å². The highest BCUT2D eigenvalue weighted by molar-refractivity contribution is 7.91. The molecule has 0 aromatic rings. The molecule has 8 atom stereocenters. The molecule has 1 heterocycles. The van der Waals surface area contributed by atoms with Gasteiger partial charge in [-0.3, -0.25) is 9.59 Å². The van der Waals surface area contributed by atoms with Crippen LogP contribution in [0.2, 0.25) is 0 Å². The third-order valence-electron chi connectivity index (χ3n) is 15.7. The second-order valence-corrected chi connectivity index (χ2v) is 21.2. The van der Waals surface area contributed by atoms with Crippen molar-refractivity contribution in [2.45, 2.75) is 132 Å². The fraction of sp³-hybridized carbons (Fsp3) is 0.897. The molecular weight excluding hydrogens is 609 g/mol. The van der Waals surface area contributed by atoms with Crippen LogP contribution in [0.3, 0.4) is 0 Å². The standard InChI is InChI=1S/C39H64N2O5S/c1-27(42)46-32-13-14-36(6)30(35(32,4)5)12-15-38(8)31(36)11-10-28-29-26-34(2,3)16-18-39(29,19-17-37(28,38)7)33(43)40-20-9-21-41-22-24-47(44,45)25-23-41/h10,29-32H,9,11-26H2,1-8H3,(H,40,43)/t29-,30-,31+,32-,36-,37+,38+,39-/m0/s1. The molecule has 5 fully saturated rings. The van der Waals surface area contributed by atoms with Gasteiger partial charge >= 0.3 is 5.97 Å². The van der Waals surface area contributed by atoms with Crippen molar-refractivity contribution in [3.8, 4) is 0 Å². The number of hydrogen-bond donors (Lipinski definition) is 1. The Labute approximate surface area is 285 Å². The molecule has 1 aliphatic heterocycles. The van der Waals surface area contributed by atoms with E-state index >= 15 is 0 Å². The summed E-state index contributed by atoms with van der Waals surface area (Å²) in [4.78, 5) is 28.7. The number of allylic oxidation sites excluding steroid dienone is 2. The molecule has 0 bridgehead atoms. The van der Waals surface area contributed by atoms with E-state index in [1.165, 1.54) is 12.8 Å². The summed E-state index contributed by atoms with van der Waals surface area (Å²) in [6.07, 6.45) is 14.1. The minimum absolute atomic E-state index is 0.0120. The Morgan fingerprint density at radius 1 is 0.915 bits per heavy atom. The summed E-state index contributed by atoms with van der Waals surface area (Å²) in [5.74, 6) is 1.96. The van der Waals surface area contributed by atoms with Crippen LogP contribution in [0, 0.1) is 50.2 Å². The first-order chi connectivity index (χ1) is 21.8. The molecule has 7 nitrogen and oxygen atoms in total. The summed E-state index contributed by atoms with van der Waals surface area (Å²) in [7, 11) is -2.88. The number of sulfone groups is 1. The number of amides is 1. The fourth-order valence-electron chi connectivity index (χ4n) is 12.7.